The van der Waals surface area contributed by atoms with E-state index in [2.05, 4.69) is 15.4 Å². The van der Waals surface area contributed by atoms with E-state index in [0.717, 1.165) is 22.4 Å². The summed E-state index contributed by atoms with van der Waals surface area (Å²) in [5, 5.41) is 7.74. The summed E-state index contributed by atoms with van der Waals surface area (Å²) < 4.78 is 12.6. The van der Waals surface area contributed by atoms with Crippen LogP contribution < -0.4 is 14.8 Å². The number of hydrogen-bond donors (Lipinski definition) is 1. The summed E-state index contributed by atoms with van der Waals surface area (Å²) in [5.74, 6) is 2.17. The lowest BCUT2D eigenvalue weighted by Gasteiger charge is -2.35. The number of methoxy groups -OCH3 is 2. The molecule has 1 N–H and O–H groups in total. The first-order valence-electron chi connectivity index (χ1n) is 9.89. The van der Waals surface area contributed by atoms with Gasteiger partial charge in [0.2, 0.25) is 5.95 Å². The summed E-state index contributed by atoms with van der Waals surface area (Å²) in [6.45, 7) is 0. The van der Waals surface area contributed by atoms with E-state index in [1.165, 1.54) is 6.33 Å². The van der Waals surface area contributed by atoms with Gasteiger partial charge in [0.25, 0.3) is 0 Å². The number of allylic oxidation sites excluding steroid dienone is 2. The SMILES string of the molecule is COc1ccc([C@@H]2CC(=O)C3=C(C2)Nc2ncnn2[C@H]3c2ccccc2)cc1OC. The van der Waals surface area contributed by atoms with Gasteiger partial charge in [-0.15, -0.1) is 0 Å². The summed E-state index contributed by atoms with van der Waals surface area (Å²) in [6, 6.07) is 15.6. The summed E-state index contributed by atoms with van der Waals surface area (Å²) in [4.78, 5) is 17.7. The second-order valence-electron chi connectivity index (χ2n) is 7.50. The molecule has 1 aromatic heterocycles. The lowest BCUT2D eigenvalue weighted by molar-refractivity contribution is -0.116. The molecule has 0 amide bonds. The Hall–Kier alpha value is -3.61. The predicted molar refractivity (Wildman–Crippen MR) is 112 cm³/mol. The average Bonchev–Trinajstić information content (AvgIpc) is 3.25. The largest absolute Gasteiger partial charge is 0.493 e. The molecule has 0 unspecified atom stereocenters. The van der Waals surface area contributed by atoms with Gasteiger partial charge in [0.05, 0.1) is 14.2 Å². The molecule has 0 spiro atoms. The number of carbonyl (C=O) groups excluding carboxylic acids is 1. The maximum atomic E-state index is 13.4. The van der Waals surface area contributed by atoms with Crippen molar-refractivity contribution in [3.63, 3.8) is 0 Å². The van der Waals surface area contributed by atoms with Gasteiger partial charge in [-0.3, -0.25) is 4.79 Å². The van der Waals surface area contributed by atoms with E-state index in [9.17, 15) is 4.79 Å². The number of hydrogen-bond acceptors (Lipinski definition) is 6. The summed E-state index contributed by atoms with van der Waals surface area (Å²) in [5.41, 5.74) is 3.77. The molecule has 0 radical (unpaired) electrons. The number of fused-ring (bicyclic) bond motifs is 1. The number of nitrogens with one attached hydrogen (secondary N) is 1. The maximum absolute atomic E-state index is 13.4. The van der Waals surface area contributed by atoms with E-state index in [4.69, 9.17) is 9.47 Å². The zero-order valence-corrected chi connectivity index (χ0v) is 16.8. The van der Waals surface area contributed by atoms with Gasteiger partial charge in [-0.25, -0.2) is 4.68 Å². The van der Waals surface area contributed by atoms with Crippen molar-refractivity contribution in [1.82, 2.24) is 14.8 Å². The number of Topliss-reactive ketones (excluding diaryl/α,β-unsaturated/α-hetero) is 1. The molecule has 152 valence electrons. The van der Waals surface area contributed by atoms with Gasteiger partial charge in [0.15, 0.2) is 17.3 Å². The Bertz CT molecular complexity index is 1140. The number of nitrogens with zero attached hydrogens (tertiary/aromatic N) is 3. The molecule has 7 nitrogen and oxygen atoms in total. The van der Waals surface area contributed by atoms with Crippen molar-refractivity contribution >= 4 is 11.7 Å². The third kappa shape index (κ3) is 2.94. The molecule has 2 aliphatic rings. The van der Waals surface area contributed by atoms with Gasteiger partial charge in [-0.05, 0) is 35.6 Å². The van der Waals surface area contributed by atoms with Crippen LogP contribution in [0.3, 0.4) is 0 Å². The van der Waals surface area contributed by atoms with Crippen molar-refractivity contribution in [2.45, 2.75) is 24.8 Å². The van der Waals surface area contributed by atoms with Crippen molar-refractivity contribution in [2.75, 3.05) is 19.5 Å². The highest BCUT2D eigenvalue weighted by Gasteiger charge is 2.39. The van der Waals surface area contributed by atoms with Crippen LogP contribution in [0, 0.1) is 0 Å². The van der Waals surface area contributed by atoms with Crippen molar-refractivity contribution in [2.24, 2.45) is 0 Å². The van der Waals surface area contributed by atoms with Gasteiger partial charge >= 0.3 is 0 Å². The van der Waals surface area contributed by atoms with E-state index < -0.39 is 0 Å². The van der Waals surface area contributed by atoms with Crippen LogP contribution in [0.5, 0.6) is 11.5 Å². The highest BCUT2D eigenvalue weighted by molar-refractivity contribution is 6.00. The van der Waals surface area contributed by atoms with E-state index in [1.807, 2.05) is 48.5 Å². The van der Waals surface area contributed by atoms with Crippen molar-refractivity contribution < 1.29 is 14.3 Å². The van der Waals surface area contributed by atoms with E-state index in [1.54, 1.807) is 18.9 Å². The standard InChI is InChI=1S/C23H22N4O3/c1-29-19-9-8-15(12-20(19)30-2)16-10-17-21(18(28)11-16)22(14-6-4-3-5-7-14)27-23(26-17)24-13-25-27/h3-9,12-13,16,22H,10-11H2,1-2H3,(H,24,25,26)/t16-,22-/m0/s1. The highest BCUT2D eigenvalue weighted by atomic mass is 16.5. The molecule has 0 fully saturated rings. The molecule has 0 bridgehead atoms. The van der Waals surface area contributed by atoms with Gasteiger partial charge in [0.1, 0.15) is 12.4 Å². The normalized spacial score (nSPS) is 20.3. The van der Waals surface area contributed by atoms with Crippen LogP contribution in [-0.2, 0) is 4.79 Å². The fraction of sp³-hybridized carbons (Fsp3) is 0.261. The number of anilines is 1. The topological polar surface area (TPSA) is 78.3 Å². The lowest BCUT2D eigenvalue weighted by Crippen LogP contribution is -2.33. The van der Waals surface area contributed by atoms with Crippen molar-refractivity contribution in [1.29, 1.82) is 0 Å². The minimum absolute atomic E-state index is 0.0504. The molecule has 2 aromatic carbocycles. The molecule has 7 heteroatoms. The average molecular weight is 402 g/mol. The highest BCUT2D eigenvalue weighted by Crippen LogP contribution is 2.44. The quantitative estimate of drug-likeness (QED) is 0.717. The molecule has 1 aliphatic carbocycles. The van der Waals surface area contributed by atoms with Crippen molar-refractivity contribution in [3.8, 4) is 11.5 Å². The number of benzene rings is 2. The minimum atomic E-state index is -0.265. The number of ketones is 1. The monoisotopic (exact) mass is 402 g/mol. The Morgan fingerprint density at radius 3 is 2.57 bits per heavy atom. The second-order valence-corrected chi connectivity index (χ2v) is 7.50. The third-order valence-electron chi connectivity index (χ3n) is 5.86. The van der Waals surface area contributed by atoms with E-state index in [0.29, 0.717) is 30.3 Å². The first-order valence-corrected chi connectivity index (χ1v) is 9.89. The number of aromatic nitrogens is 3. The fourth-order valence-electron chi connectivity index (χ4n) is 4.44. The summed E-state index contributed by atoms with van der Waals surface area (Å²) in [7, 11) is 3.23. The Morgan fingerprint density at radius 2 is 1.80 bits per heavy atom. The first kappa shape index (κ1) is 18.4. The van der Waals surface area contributed by atoms with Gasteiger partial charge in [-0.2, -0.15) is 10.1 Å². The Labute approximate surface area is 174 Å². The molecule has 2 atom stereocenters. The maximum Gasteiger partial charge on any atom is 0.226 e. The Kier molecular flexibility index (Phi) is 4.50. The van der Waals surface area contributed by atoms with Gasteiger partial charge in [-0.1, -0.05) is 36.4 Å². The zero-order valence-electron chi connectivity index (χ0n) is 16.8. The second kappa shape index (κ2) is 7.33. The van der Waals surface area contributed by atoms with Crippen LogP contribution in [0.15, 0.2) is 66.1 Å². The van der Waals surface area contributed by atoms with Crippen LogP contribution >= 0.6 is 0 Å². The third-order valence-corrected chi connectivity index (χ3v) is 5.86. The smallest absolute Gasteiger partial charge is 0.226 e. The molecule has 0 saturated carbocycles. The first-order chi connectivity index (χ1) is 14.7. The Morgan fingerprint density at radius 1 is 1.00 bits per heavy atom. The molecule has 0 saturated heterocycles. The molecular weight excluding hydrogens is 380 g/mol. The molecule has 2 heterocycles. The van der Waals surface area contributed by atoms with Crippen LogP contribution in [0.25, 0.3) is 0 Å². The minimum Gasteiger partial charge on any atom is -0.493 e. The fourth-order valence-corrected chi connectivity index (χ4v) is 4.44. The molecule has 5 rings (SSSR count). The number of rotatable bonds is 4. The van der Waals surface area contributed by atoms with Gasteiger partial charge in [0, 0.05) is 17.7 Å². The van der Waals surface area contributed by atoms with E-state index in [-0.39, 0.29) is 17.7 Å². The molecule has 1 aliphatic heterocycles. The van der Waals surface area contributed by atoms with E-state index >= 15 is 0 Å². The number of ether oxygens (including phenoxy) is 2. The van der Waals surface area contributed by atoms with Crippen LogP contribution in [-0.4, -0.2) is 34.8 Å². The lowest BCUT2D eigenvalue weighted by atomic mass is 9.78. The molecular formula is C23H22N4O3. The van der Waals surface area contributed by atoms with Crippen molar-refractivity contribution in [3.05, 3.63) is 77.3 Å². The van der Waals surface area contributed by atoms with Crippen LogP contribution in [0.1, 0.15) is 35.9 Å². The summed E-state index contributed by atoms with van der Waals surface area (Å²) in [6.07, 6.45) is 2.67. The zero-order chi connectivity index (χ0) is 20.7. The van der Waals surface area contributed by atoms with Gasteiger partial charge < -0.3 is 14.8 Å². The number of carbonyl (C=O) groups is 1. The Balaban J connectivity index is 1.55. The van der Waals surface area contributed by atoms with Crippen LogP contribution in [0.2, 0.25) is 0 Å². The molecule has 30 heavy (non-hydrogen) atoms. The molecule has 3 aromatic rings. The summed E-state index contributed by atoms with van der Waals surface area (Å²) >= 11 is 0. The van der Waals surface area contributed by atoms with Crippen LogP contribution in [0.4, 0.5) is 5.95 Å². The predicted octanol–water partition coefficient (Wildman–Crippen LogP) is 3.71.